The number of benzene rings is 1. The van der Waals surface area contributed by atoms with Crippen LogP contribution in [0.5, 0.6) is 5.75 Å². The van der Waals surface area contributed by atoms with Crippen molar-refractivity contribution in [1.82, 2.24) is 14.8 Å². The number of anilines is 3. The lowest BCUT2D eigenvalue weighted by Crippen LogP contribution is -2.25. The monoisotopic (exact) mass is 489 g/mol. The second-order valence-electron chi connectivity index (χ2n) is 9.51. The van der Waals surface area contributed by atoms with Gasteiger partial charge in [0.25, 0.3) is 0 Å². The highest BCUT2D eigenvalue weighted by Crippen LogP contribution is 2.37. The third-order valence-electron chi connectivity index (χ3n) is 5.06. The van der Waals surface area contributed by atoms with Gasteiger partial charge in [0.1, 0.15) is 28.8 Å². The highest BCUT2D eigenvalue weighted by molar-refractivity contribution is 5.93. The van der Waals surface area contributed by atoms with Gasteiger partial charge in [-0.15, -0.1) is 0 Å². The van der Waals surface area contributed by atoms with Gasteiger partial charge in [-0.1, -0.05) is 26.0 Å². The molecular formula is C25H30F3N5O2. The van der Waals surface area contributed by atoms with E-state index in [0.717, 1.165) is 11.8 Å². The van der Waals surface area contributed by atoms with E-state index < -0.39 is 17.4 Å². The highest BCUT2D eigenvalue weighted by atomic mass is 19.4. The Labute approximate surface area is 202 Å². The molecule has 2 N–H and O–H groups in total. The van der Waals surface area contributed by atoms with Crippen molar-refractivity contribution >= 4 is 23.6 Å². The molecule has 0 atom stereocenters. The van der Waals surface area contributed by atoms with Crippen LogP contribution in [0.4, 0.5) is 30.5 Å². The number of carbonyl (C=O) groups excluding carboxylic acids is 1. The molecule has 0 saturated heterocycles. The normalized spacial score (nSPS) is 12.1. The SMILES string of the molecule is CNc1ccc(-c2nn(C(C)(C)C)c(Nc3cccc(C(F)(F)F)n3)c2C=O)cc1OCC(C)C. The van der Waals surface area contributed by atoms with Gasteiger partial charge >= 0.3 is 6.18 Å². The average Bonchev–Trinajstić information content (AvgIpc) is 3.15. The maximum atomic E-state index is 13.2. The minimum atomic E-state index is -4.60. The molecule has 0 spiro atoms. The van der Waals surface area contributed by atoms with Crippen LogP contribution < -0.4 is 15.4 Å². The first-order valence-electron chi connectivity index (χ1n) is 11.2. The number of alkyl halides is 3. The Kier molecular flexibility index (Phi) is 7.42. The first-order chi connectivity index (χ1) is 16.3. The number of nitrogens with zero attached hydrogens (tertiary/aromatic N) is 3. The molecule has 7 nitrogen and oxygen atoms in total. The Morgan fingerprint density at radius 2 is 1.86 bits per heavy atom. The number of hydrogen-bond acceptors (Lipinski definition) is 6. The predicted molar refractivity (Wildman–Crippen MR) is 130 cm³/mol. The molecule has 0 amide bonds. The van der Waals surface area contributed by atoms with E-state index in [1.54, 1.807) is 17.8 Å². The van der Waals surface area contributed by atoms with Crippen LogP contribution in [-0.2, 0) is 11.7 Å². The van der Waals surface area contributed by atoms with Crippen LogP contribution in [0.2, 0.25) is 0 Å². The summed E-state index contributed by atoms with van der Waals surface area (Å²) in [5, 5.41) is 10.7. The first kappa shape index (κ1) is 26.1. The van der Waals surface area contributed by atoms with Crippen molar-refractivity contribution in [3.8, 4) is 17.0 Å². The Hall–Kier alpha value is -3.56. The third kappa shape index (κ3) is 5.93. The molecule has 0 fully saturated rings. The number of hydrogen-bond donors (Lipinski definition) is 2. The summed E-state index contributed by atoms with van der Waals surface area (Å²) in [6, 6.07) is 8.98. The topological polar surface area (TPSA) is 81.1 Å². The smallest absolute Gasteiger partial charge is 0.433 e. The fourth-order valence-corrected chi connectivity index (χ4v) is 3.40. The van der Waals surface area contributed by atoms with Gasteiger partial charge in [-0.25, -0.2) is 9.67 Å². The van der Waals surface area contributed by atoms with Crippen molar-refractivity contribution in [2.24, 2.45) is 5.92 Å². The van der Waals surface area contributed by atoms with Gasteiger partial charge in [-0.05, 0) is 51.0 Å². The molecule has 0 saturated carbocycles. The summed E-state index contributed by atoms with van der Waals surface area (Å²) in [4.78, 5) is 15.9. The standard InChI is InChI=1S/C25H30F3N5O2/c1-15(2)14-35-19-12-16(10-11-18(19)29-6)22-17(13-34)23(33(32-22)24(3,4)5)31-21-9-7-8-20(30-21)25(26,27)28/h7-13,15,29H,14H2,1-6H3,(H,30,31). The molecule has 2 aromatic heterocycles. The quantitative estimate of drug-likeness (QED) is 0.359. The number of ether oxygens (including phenoxy) is 1. The van der Waals surface area contributed by atoms with Gasteiger partial charge < -0.3 is 15.4 Å². The van der Waals surface area contributed by atoms with E-state index in [4.69, 9.17) is 4.74 Å². The Morgan fingerprint density at radius 3 is 2.43 bits per heavy atom. The number of aldehydes is 1. The molecule has 0 unspecified atom stereocenters. The molecule has 1 aromatic carbocycles. The molecule has 0 aliphatic carbocycles. The van der Waals surface area contributed by atoms with E-state index in [2.05, 4.69) is 20.7 Å². The van der Waals surface area contributed by atoms with E-state index in [0.29, 0.717) is 35.8 Å². The van der Waals surface area contributed by atoms with E-state index >= 15 is 0 Å². The summed E-state index contributed by atoms with van der Waals surface area (Å²) >= 11 is 0. The molecule has 3 aromatic rings. The molecule has 10 heteroatoms. The summed E-state index contributed by atoms with van der Waals surface area (Å²) in [5.74, 6) is 1.11. The molecule has 188 valence electrons. The number of carbonyl (C=O) groups is 1. The van der Waals surface area contributed by atoms with Gasteiger partial charge in [0, 0.05) is 12.6 Å². The van der Waals surface area contributed by atoms with E-state index in [1.165, 1.54) is 12.1 Å². The first-order valence-corrected chi connectivity index (χ1v) is 11.2. The van der Waals surface area contributed by atoms with Crippen molar-refractivity contribution in [2.75, 3.05) is 24.3 Å². The van der Waals surface area contributed by atoms with Crippen molar-refractivity contribution in [3.63, 3.8) is 0 Å². The number of halogens is 3. The minimum absolute atomic E-state index is 0.0497. The number of rotatable bonds is 8. The summed E-state index contributed by atoms with van der Waals surface area (Å²) in [6.45, 7) is 10.2. The van der Waals surface area contributed by atoms with Crippen LogP contribution in [-0.4, -0.2) is 34.7 Å². The summed E-state index contributed by atoms with van der Waals surface area (Å²) in [6.07, 6.45) is -3.96. The molecule has 35 heavy (non-hydrogen) atoms. The highest BCUT2D eigenvalue weighted by Gasteiger charge is 2.33. The third-order valence-corrected chi connectivity index (χ3v) is 5.06. The molecule has 0 aliphatic heterocycles. The minimum Gasteiger partial charge on any atom is -0.491 e. The van der Waals surface area contributed by atoms with Gasteiger partial charge in [-0.3, -0.25) is 4.79 Å². The lowest BCUT2D eigenvalue weighted by molar-refractivity contribution is -0.141. The fraction of sp³-hybridized carbons (Fsp3) is 0.400. The molecule has 0 bridgehead atoms. The fourth-order valence-electron chi connectivity index (χ4n) is 3.40. The zero-order chi connectivity index (χ0) is 26.0. The van der Waals surface area contributed by atoms with Crippen LogP contribution in [0.25, 0.3) is 11.3 Å². The average molecular weight is 490 g/mol. The van der Waals surface area contributed by atoms with Crippen molar-refractivity contribution in [1.29, 1.82) is 0 Å². The molecule has 0 aliphatic rings. The van der Waals surface area contributed by atoms with Gasteiger partial charge in [-0.2, -0.15) is 18.3 Å². The van der Waals surface area contributed by atoms with Gasteiger partial charge in [0.2, 0.25) is 0 Å². The lowest BCUT2D eigenvalue weighted by atomic mass is 10.1. The van der Waals surface area contributed by atoms with Crippen molar-refractivity contribution in [3.05, 3.63) is 47.7 Å². The Bertz CT molecular complexity index is 1200. The molecule has 0 radical (unpaired) electrons. The Balaban J connectivity index is 2.14. The predicted octanol–water partition coefficient (Wildman–Crippen LogP) is 6.35. The molecular weight excluding hydrogens is 459 g/mol. The van der Waals surface area contributed by atoms with Crippen molar-refractivity contribution in [2.45, 2.75) is 46.3 Å². The van der Waals surface area contributed by atoms with Crippen molar-refractivity contribution < 1.29 is 22.7 Å². The largest absolute Gasteiger partial charge is 0.491 e. The number of aromatic nitrogens is 3. The van der Waals surface area contributed by atoms with E-state index in [1.807, 2.05) is 46.8 Å². The van der Waals surface area contributed by atoms with Crippen LogP contribution in [0, 0.1) is 5.92 Å². The van der Waals surface area contributed by atoms with E-state index in [9.17, 15) is 18.0 Å². The van der Waals surface area contributed by atoms with Crippen LogP contribution in [0.3, 0.4) is 0 Å². The summed E-state index contributed by atoms with van der Waals surface area (Å²) in [5.41, 5.74) is 0.359. The lowest BCUT2D eigenvalue weighted by Gasteiger charge is -2.23. The van der Waals surface area contributed by atoms with Crippen LogP contribution in [0.15, 0.2) is 36.4 Å². The molecule has 3 rings (SSSR count). The number of pyridine rings is 1. The summed E-state index contributed by atoms with van der Waals surface area (Å²) < 4.78 is 47.1. The van der Waals surface area contributed by atoms with Gasteiger partial charge in [0.05, 0.1) is 23.4 Å². The number of nitrogens with one attached hydrogen (secondary N) is 2. The maximum Gasteiger partial charge on any atom is 0.433 e. The zero-order valence-electron chi connectivity index (χ0n) is 20.6. The van der Waals surface area contributed by atoms with Gasteiger partial charge in [0.15, 0.2) is 6.29 Å². The van der Waals surface area contributed by atoms with Crippen LogP contribution >= 0.6 is 0 Å². The second kappa shape index (κ2) is 9.97. The molecule has 2 heterocycles. The summed E-state index contributed by atoms with van der Waals surface area (Å²) in [7, 11) is 1.78. The maximum absolute atomic E-state index is 13.2. The Morgan fingerprint density at radius 1 is 1.14 bits per heavy atom. The second-order valence-corrected chi connectivity index (χ2v) is 9.51. The van der Waals surface area contributed by atoms with E-state index in [-0.39, 0.29) is 17.2 Å². The zero-order valence-corrected chi connectivity index (χ0v) is 20.6. The van der Waals surface area contributed by atoms with Crippen LogP contribution in [0.1, 0.15) is 50.7 Å².